The van der Waals surface area contributed by atoms with Crippen LogP contribution in [0.15, 0.2) is 42.5 Å². The predicted octanol–water partition coefficient (Wildman–Crippen LogP) is 3.65. The van der Waals surface area contributed by atoms with Crippen LogP contribution in [-0.4, -0.2) is 63.2 Å². The third kappa shape index (κ3) is 7.40. The first kappa shape index (κ1) is 29.3. The summed E-state index contributed by atoms with van der Waals surface area (Å²) in [4.78, 5) is 28.5. The zero-order valence-electron chi connectivity index (χ0n) is 22.7. The Hall–Kier alpha value is -3.27. The number of carbonyl (C=O) groups is 2. The molecule has 2 aromatic carbocycles. The van der Waals surface area contributed by atoms with Crippen molar-refractivity contribution in [3.05, 3.63) is 53.6 Å². The highest BCUT2D eigenvalue weighted by Crippen LogP contribution is 2.35. The van der Waals surface area contributed by atoms with Crippen molar-refractivity contribution in [3.8, 4) is 11.5 Å². The van der Waals surface area contributed by atoms with Crippen LogP contribution in [0.4, 0.5) is 5.69 Å². The van der Waals surface area contributed by atoms with Gasteiger partial charge < -0.3 is 19.7 Å². The van der Waals surface area contributed by atoms with Gasteiger partial charge in [-0.25, -0.2) is 8.42 Å². The lowest BCUT2D eigenvalue weighted by Crippen LogP contribution is -2.52. The zero-order valence-corrected chi connectivity index (χ0v) is 23.6. The van der Waals surface area contributed by atoms with Crippen molar-refractivity contribution >= 4 is 27.5 Å². The monoisotopic (exact) mass is 545 g/mol. The van der Waals surface area contributed by atoms with Crippen molar-refractivity contribution in [1.29, 1.82) is 0 Å². The fourth-order valence-corrected chi connectivity index (χ4v) is 5.39. The number of nitrogens with one attached hydrogen (secondary N) is 1. The molecule has 0 radical (unpaired) electrons. The van der Waals surface area contributed by atoms with Crippen LogP contribution < -0.4 is 19.1 Å². The van der Waals surface area contributed by atoms with Crippen LogP contribution in [0.5, 0.6) is 11.5 Å². The van der Waals surface area contributed by atoms with E-state index in [4.69, 9.17) is 9.47 Å². The van der Waals surface area contributed by atoms with Crippen molar-refractivity contribution < 1.29 is 27.5 Å². The number of nitrogens with zero attached hydrogens (tertiary/aromatic N) is 2. The third-order valence-electron chi connectivity index (χ3n) is 6.44. The fourth-order valence-electron chi connectivity index (χ4n) is 4.34. The molecule has 1 heterocycles. The van der Waals surface area contributed by atoms with Gasteiger partial charge in [0.25, 0.3) is 0 Å². The fraction of sp³-hybridized carbons (Fsp3) is 0.500. The number of fused-ring (bicyclic) bond motifs is 1. The summed E-state index contributed by atoms with van der Waals surface area (Å²) >= 11 is 0. The van der Waals surface area contributed by atoms with Gasteiger partial charge in [0.15, 0.2) is 11.5 Å². The molecule has 0 saturated heterocycles. The molecule has 208 valence electrons. The summed E-state index contributed by atoms with van der Waals surface area (Å²) in [6.45, 7) is 8.40. The molecule has 0 fully saturated rings. The number of carbonyl (C=O) groups excluding carboxylic acids is 2. The van der Waals surface area contributed by atoms with Crippen molar-refractivity contribution in [2.24, 2.45) is 0 Å². The minimum Gasteiger partial charge on any atom is -0.486 e. The first-order chi connectivity index (χ1) is 18.2. The smallest absolute Gasteiger partial charge is 0.244 e. The van der Waals surface area contributed by atoms with E-state index < -0.39 is 28.5 Å². The van der Waals surface area contributed by atoms with E-state index >= 15 is 0 Å². The van der Waals surface area contributed by atoms with E-state index in [0.29, 0.717) is 43.4 Å². The summed E-state index contributed by atoms with van der Waals surface area (Å²) in [7, 11) is -3.83. The maximum atomic E-state index is 13.9. The van der Waals surface area contributed by atoms with Gasteiger partial charge in [-0.1, -0.05) is 50.1 Å². The van der Waals surface area contributed by atoms with Crippen molar-refractivity contribution in [2.45, 2.75) is 59.5 Å². The van der Waals surface area contributed by atoms with Crippen LogP contribution in [0.3, 0.4) is 0 Å². The van der Waals surface area contributed by atoms with Crippen LogP contribution in [0.25, 0.3) is 0 Å². The number of sulfonamides is 1. The van der Waals surface area contributed by atoms with Gasteiger partial charge in [0, 0.05) is 19.2 Å². The molecule has 0 saturated carbocycles. The first-order valence-corrected chi connectivity index (χ1v) is 14.8. The Morgan fingerprint density at radius 2 is 1.76 bits per heavy atom. The van der Waals surface area contributed by atoms with Gasteiger partial charge in [-0.15, -0.1) is 0 Å². The second-order valence-electron chi connectivity index (χ2n) is 9.31. The molecule has 9 nitrogen and oxygen atoms in total. The van der Waals surface area contributed by atoms with Crippen molar-refractivity contribution in [3.63, 3.8) is 0 Å². The number of rotatable bonds is 13. The Bertz CT molecular complexity index is 1220. The molecule has 2 aromatic rings. The molecular weight excluding hydrogens is 506 g/mol. The number of benzene rings is 2. The molecular formula is C28H39N3O6S. The van der Waals surface area contributed by atoms with Gasteiger partial charge >= 0.3 is 0 Å². The molecule has 0 aliphatic carbocycles. The summed E-state index contributed by atoms with van der Waals surface area (Å²) in [6, 6.07) is 11.8. The first-order valence-electron chi connectivity index (χ1n) is 13.2. The van der Waals surface area contributed by atoms with Crippen molar-refractivity contribution in [2.75, 3.05) is 36.4 Å². The topological polar surface area (TPSA) is 105 Å². The van der Waals surface area contributed by atoms with Crippen LogP contribution in [0, 0.1) is 6.92 Å². The molecule has 0 aromatic heterocycles. The summed E-state index contributed by atoms with van der Waals surface area (Å²) in [5.74, 6) is 0.0513. The lowest BCUT2D eigenvalue weighted by atomic mass is 10.1. The number of aryl methyl sites for hydroxylation is 1. The van der Waals surface area contributed by atoms with E-state index in [-0.39, 0.29) is 18.2 Å². The number of hydrogen-bond donors (Lipinski definition) is 1. The number of unbranched alkanes of at least 4 members (excludes halogenated alkanes) is 1. The molecule has 10 heteroatoms. The van der Waals surface area contributed by atoms with Crippen LogP contribution in [0.2, 0.25) is 0 Å². The molecule has 0 spiro atoms. The Morgan fingerprint density at radius 1 is 1.03 bits per heavy atom. The molecule has 0 unspecified atom stereocenters. The van der Waals surface area contributed by atoms with E-state index in [9.17, 15) is 18.0 Å². The van der Waals surface area contributed by atoms with E-state index in [1.165, 1.54) is 11.8 Å². The summed E-state index contributed by atoms with van der Waals surface area (Å²) in [6.07, 6.45) is 2.16. The molecule has 1 aliphatic rings. The molecule has 1 atom stereocenters. The Morgan fingerprint density at radius 3 is 2.42 bits per heavy atom. The van der Waals surface area contributed by atoms with Crippen LogP contribution >= 0.6 is 0 Å². The van der Waals surface area contributed by atoms with Crippen LogP contribution in [0.1, 0.15) is 51.2 Å². The standard InChI is InChI=1S/C28H39N3O6S/c1-5-8-14-29-28(33)24(6-2)30(19-22-11-9-10-21(4)17-22)27(32)20-31(38(34,35)7-3)23-12-13-25-26(18-23)37-16-15-36-25/h9-13,17-18,24H,5-8,14-16,19-20H2,1-4H3,(H,29,33)/t24-/m1/s1. The summed E-state index contributed by atoms with van der Waals surface area (Å²) in [5, 5.41) is 2.93. The lowest BCUT2D eigenvalue weighted by Gasteiger charge is -2.33. The van der Waals surface area contributed by atoms with Gasteiger partial charge in [-0.3, -0.25) is 13.9 Å². The average molecular weight is 546 g/mol. The minimum atomic E-state index is -3.83. The normalized spacial score (nSPS) is 13.5. The largest absolute Gasteiger partial charge is 0.486 e. The SMILES string of the molecule is CCCCNC(=O)[C@@H](CC)N(Cc1cccc(C)c1)C(=O)CN(c1ccc2c(c1)OCCO2)S(=O)(=O)CC. The molecule has 38 heavy (non-hydrogen) atoms. The summed E-state index contributed by atoms with van der Waals surface area (Å²) in [5.41, 5.74) is 2.20. The van der Waals surface area contributed by atoms with Gasteiger partial charge in [-0.2, -0.15) is 0 Å². The molecule has 3 rings (SSSR count). The lowest BCUT2D eigenvalue weighted by molar-refractivity contribution is -0.140. The number of hydrogen-bond acceptors (Lipinski definition) is 6. The highest BCUT2D eigenvalue weighted by atomic mass is 32.2. The zero-order chi connectivity index (χ0) is 27.7. The second kappa shape index (κ2) is 13.5. The Kier molecular flexibility index (Phi) is 10.4. The van der Waals surface area contributed by atoms with E-state index in [0.717, 1.165) is 28.3 Å². The molecule has 0 bridgehead atoms. The summed E-state index contributed by atoms with van der Waals surface area (Å²) < 4.78 is 38.7. The van der Waals surface area contributed by atoms with Crippen LogP contribution in [-0.2, 0) is 26.2 Å². The van der Waals surface area contributed by atoms with Crippen molar-refractivity contribution in [1.82, 2.24) is 10.2 Å². The highest BCUT2D eigenvalue weighted by Gasteiger charge is 2.32. The minimum absolute atomic E-state index is 0.182. The number of anilines is 1. The van der Waals surface area contributed by atoms with Gasteiger partial charge in [-0.05, 0) is 44.4 Å². The van der Waals surface area contributed by atoms with E-state index in [2.05, 4.69) is 5.32 Å². The number of amides is 2. The second-order valence-corrected chi connectivity index (χ2v) is 11.5. The van der Waals surface area contributed by atoms with E-state index in [1.807, 2.05) is 45.0 Å². The van der Waals surface area contributed by atoms with Gasteiger partial charge in [0.1, 0.15) is 25.8 Å². The maximum Gasteiger partial charge on any atom is 0.244 e. The predicted molar refractivity (Wildman–Crippen MR) is 148 cm³/mol. The van der Waals surface area contributed by atoms with Gasteiger partial charge in [0.2, 0.25) is 21.8 Å². The molecule has 1 N–H and O–H groups in total. The molecule has 2 amide bonds. The Balaban J connectivity index is 1.95. The number of ether oxygens (including phenoxy) is 2. The van der Waals surface area contributed by atoms with E-state index in [1.54, 1.807) is 18.2 Å². The highest BCUT2D eigenvalue weighted by molar-refractivity contribution is 7.92. The third-order valence-corrected chi connectivity index (χ3v) is 8.19. The quantitative estimate of drug-likeness (QED) is 0.385. The molecule has 1 aliphatic heterocycles. The Labute approximate surface area is 226 Å². The van der Waals surface area contributed by atoms with Gasteiger partial charge in [0.05, 0.1) is 11.4 Å². The maximum absolute atomic E-state index is 13.9. The average Bonchev–Trinajstić information content (AvgIpc) is 2.91.